The molecule has 3 rings (SSSR count). The number of fused-ring (bicyclic) bond motifs is 1. The molecule has 0 aromatic heterocycles. The van der Waals surface area contributed by atoms with Crippen LogP contribution >= 0.6 is 0 Å². The third kappa shape index (κ3) is 3.27. The number of benzene rings is 2. The smallest absolute Gasteiger partial charge is 0.335 e. The molecule has 0 fully saturated rings. The Balaban J connectivity index is 1.88. The molecule has 1 aliphatic carbocycles. The highest BCUT2D eigenvalue weighted by Gasteiger charge is 2.32. The number of carboxylic acid groups (broad SMARTS) is 1. The number of hydrogen-bond donors (Lipinski definition) is 2. The second-order valence-corrected chi connectivity index (χ2v) is 7.87. The minimum Gasteiger partial charge on any atom is -0.478 e. The summed E-state index contributed by atoms with van der Waals surface area (Å²) in [5.74, 6) is -1.27. The maximum atomic E-state index is 12.5. The molecular weight excluding hydrogens is 326 g/mol. The zero-order chi connectivity index (χ0) is 19.1. The molecule has 2 N–H and O–H groups in total. The zero-order valence-corrected chi connectivity index (χ0v) is 15.5. The second-order valence-electron chi connectivity index (χ2n) is 7.87. The van der Waals surface area contributed by atoms with Gasteiger partial charge in [-0.3, -0.25) is 4.79 Å². The molecule has 0 atom stereocenters. The first-order chi connectivity index (χ1) is 12.1. The van der Waals surface area contributed by atoms with Crippen LogP contribution in [0.15, 0.2) is 54.6 Å². The van der Waals surface area contributed by atoms with Gasteiger partial charge in [-0.05, 0) is 47.5 Å². The third-order valence-electron chi connectivity index (χ3n) is 4.98. The fourth-order valence-electron chi connectivity index (χ4n) is 3.28. The van der Waals surface area contributed by atoms with Crippen LogP contribution in [-0.2, 0) is 10.8 Å². The monoisotopic (exact) mass is 349 g/mol. The van der Waals surface area contributed by atoms with Crippen molar-refractivity contribution in [1.29, 1.82) is 0 Å². The Morgan fingerprint density at radius 2 is 1.35 bits per heavy atom. The first kappa shape index (κ1) is 17.9. The summed E-state index contributed by atoms with van der Waals surface area (Å²) in [5.41, 5.74) is 3.63. The average molecular weight is 349 g/mol. The molecule has 2 aromatic rings. The summed E-state index contributed by atoms with van der Waals surface area (Å²) in [6.45, 7) is 8.68. The van der Waals surface area contributed by atoms with Crippen molar-refractivity contribution in [2.45, 2.75) is 38.5 Å². The number of allylic oxidation sites excluding steroid dienone is 2. The van der Waals surface area contributed by atoms with E-state index >= 15 is 0 Å². The summed E-state index contributed by atoms with van der Waals surface area (Å²) in [7, 11) is 0. The summed E-state index contributed by atoms with van der Waals surface area (Å²) in [6, 6.07) is 11.9. The van der Waals surface area contributed by atoms with Crippen LogP contribution in [0.3, 0.4) is 0 Å². The Morgan fingerprint density at radius 1 is 0.808 bits per heavy atom. The second kappa shape index (κ2) is 6.13. The lowest BCUT2D eigenvalue weighted by molar-refractivity contribution is 0.0696. The van der Waals surface area contributed by atoms with Crippen molar-refractivity contribution in [2.24, 2.45) is 0 Å². The molecule has 0 radical (unpaired) electrons. The summed E-state index contributed by atoms with van der Waals surface area (Å²) in [4.78, 5) is 23.4. The largest absolute Gasteiger partial charge is 0.478 e. The van der Waals surface area contributed by atoms with Crippen molar-refractivity contribution in [3.05, 3.63) is 76.9 Å². The Bertz CT molecular complexity index is 905. The fraction of sp³-hybridized carbons (Fsp3) is 0.273. The van der Waals surface area contributed by atoms with Gasteiger partial charge in [0, 0.05) is 22.1 Å². The number of hydrogen-bond acceptors (Lipinski definition) is 2. The van der Waals surface area contributed by atoms with Gasteiger partial charge in [0.2, 0.25) is 0 Å². The number of rotatable bonds is 3. The molecular formula is C22H23NO3. The Labute approximate surface area is 153 Å². The quantitative estimate of drug-likeness (QED) is 0.785. The van der Waals surface area contributed by atoms with Crippen molar-refractivity contribution >= 4 is 17.6 Å². The van der Waals surface area contributed by atoms with Gasteiger partial charge >= 0.3 is 5.97 Å². The molecule has 4 heteroatoms. The molecule has 0 unspecified atom stereocenters. The summed E-state index contributed by atoms with van der Waals surface area (Å²) >= 11 is 0. The van der Waals surface area contributed by atoms with E-state index in [1.165, 1.54) is 35.4 Å². The van der Waals surface area contributed by atoms with Gasteiger partial charge in [-0.1, -0.05) is 45.9 Å². The van der Waals surface area contributed by atoms with Crippen LogP contribution in [0.1, 0.15) is 59.5 Å². The number of carboxylic acids is 1. The van der Waals surface area contributed by atoms with Gasteiger partial charge < -0.3 is 10.4 Å². The van der Waals surface area contributed by atoms with Crippen molar-refractivity contribution < 1.29 is 14.7 Å². The molecule has 0 saturated heterocycles. The first-order valence-corrected chi connectivity index (χ1v) is 8.60. The number of nitrogens with one attached hydrogen (secondary N) is 1. The lowest BCUT2D eigenvalue weighted by atomic mass is 9.68. The standard InChI is InChI=1S/C22H23NO3/c1-21(2)11-12-22(3,4)18-13-16(9-10-17(18)21)23-19(24)14-5-7-15(8-6-14)20(25)26/h5-13H,1-4H3,(H,23,24)(H,25,26). The van der Waals surface area contributed by atoms with Crippen LogP contribution in [0, 0.1) is 0 Å². The molecule has 0 spiro atoms. The van der Waals surface area contributed by atoms with E-state index in [1.807, 2.05) is 12.1 Å². The van der Waals surface area contributed by atoms with E-state index in [2.05, 4.69) is 51.2 Å². The van der Waals surface area contributed by atoms with E-state index in [4.69, 9.17) is 5.11 Å². The van der Waals surface area contributed by atoms with Crippen LogP contribution in [0.2, 0.25) is 0 Å². The number of carbonyl (C=O) groups excluding carboxylic acids is 1. The van der Waals surface area contributed by atoms with E-state index in [-0.39, 0.29) is 22.3 Å². The zero-order valence-electron chi connectivity index (χ0n) is 15.5. The fourth-order valence-corrected chi connectivity index (χ4v) is 3.28. The maximum Gasteiger partial charge on any atom is 0.335 e. The van der Waals surface area contributed by atoms with E-state index in [0.717, 1.165) is 5.69 Å². The predicted molar refractivity (Wildman–Crippen MR) is 103 cm³/mol. The Morgan fingerprint density at radius 3 is 1.92 bits per heavy atom. The van der Waals surface area contributed by atoms with E-state index < -0.39 is 5.97 Å². The topological polar surface area (TPSA) is 66.4 Å². The van der Waals surface area contributed by atoms with Crippen LogP contribution in [-0.4, -0.2) is 17.0 Å². The van der Waals surface area contributed by atoms with Crippen molar-refractivity contribution in [3.63, 3.8) is 0 Å². The van der Waals surface area contributed by atoms with Crippen LogP contribution in [0.25, 0.3) is 0 Å². The third-order valence-corrected chi connectivity index (χ3v) is 4.98. The van der Waals surface area contributed by atoms with Crippen LogP contribution in [0.4, 0.5) is 5.69 Å². The van der Waals surface area contributed by atoms with Gasteiger partial charge in [-0.2, -0.15) is 0 Å². The minimum atomic E-state index is -1.01. The summed E-state index contributed by atoms with van der Waals surface area (Å²) in [6.07, 6.45) is 4.45. The number of aromatic carboxylic acids is 1. The highest BCUT2D eigenvalue weighted by Crippen LogP contribution is 2.42. The summed E-state index contributed by atoms with van der Waals surface area (Å²) in [5, 5.41) is 11.9. The predicted octanol–water partition coefficient (Wildman–Crippen LogP) is 4.76. The molecule has 0 saturated carbocycles. The molecule has 0 aliphatic heterocycles. The summed E-state index contributed by atoms with van der Waals surface area (Å²) < 4.78 is 0. The van der Waals surface area contributed by atoms with Crippen molar-refractivity contribution in [1.82, 2.24) is 0 Å². The van der Waals surface area contributed by atoms with Crippen LogP contribution in [0.5, 0.6) is 0 Å². The molecule has 0 bridgehead atoms. The number of amides is 1. The molecule has 4 nitrogen and oxygen atoms in total. The van der Waals surface area contributed by atoms with Gasteiger partial charge in [0.1, 0.15) is 0 Å². The maximum absolute atomic E-state index is 12.5. The average Bonchev–Trinajstić information content (AvgIpc) is 2.59. The highest BCUT2D eigenvalue weighted by atomic mass is 16.4. The van der Waals surface area contributed by atoms with Crippen molar-refractivity contribution in [3.8, 4) is 0 Å². The van der Waals surface area contributed by atoms with E-state index in [1.54, 1.807) is 0 Å². The molecule has 0 heterocycles. The normalized spacial score (nSPS) is 16.6. The Kier molecular flexibility index (Phi) is 4.23. The van der Waals surface area contributed by atoms with Gasteiger partial charge in [0.25, 0.3) is 5.91 Å². The van der Waals surface area contributed by atoms with E-state index in [0.29, 0.717) is 5.56 Å². The lowest BCUT2D eigenvalue weighted by Crippen LogP contribution is -2.29. The molecule has 2 aromatic carbocycles. The Hall–Kier alpha value is -2.88. The molecule has 1 aliphatic rings. The highest BCUT2D eigenvalue weighted by molar-refractivity contribution is 6.04. The van der Waals surface area contributed by atoms with Gasteiger partial charge in [0.15, 0.2) is 0 Å². The van der Waals surface area contributed by atoms with Gasteiger partial charge in [-0.25, -0.2) is 4.79 Å². The molecule has 1 amide bonds. The first-order valence-electron chi connectivity index (χ1n) is 8.60. The minimum absolute atomic E-state index is 0.0416. The lowest BCUT2D eigenvalue weighted by Gasteiger charge is -2.37. The van der Waals surface area contributed by atoms with Crippen molar-refractivity contribution in [2.75, 3.05) is 5.32 Å². The number of carbonyl (C=O) groups is 2. The molecule has 26 heavy (non-hydrogen) atoms. The van der Waals surface area contributed by atoms with Gasteiger partial charge in [0.05, 0.1) is 5.56 Å². The van der Waals surface area contributed by atoms with E-state index in [9.17, 15) is 9.59 Å². The van der Waals surface area contributed by atoms with Crippen LogP contribution < -0.4 is 5.32 Å². The molecule has 134 valence electrons. The van der Waals surface area contributed by atoms with Gasteiger partial charge in [-0.15, -0.1) is 0 Å². The SMILES string of the molecule is CC1(C)C=CC(C)(C)c2cc(NC(=O)c3ccc(C(=O)O)cc3)ccc21. The number of anilines is 1.